The van der Waals surface area contributed by atoms with E-state index in [1.54, 1.807) is 18.9 Å². The van der Waals surface area contributed by atoms with Gasteiger partial charge in [-0.3, -0.25) is 4.79 Å². The number of hydrogen-bond acceptors (Lipinski definition) is 3. The molecule has 21 heavy (non-hydrogen) atoms. The summed E-state index contributed by atoms with van der Waals surface area (Å²) in [7, 11) is 0.880. The molecular weight excluding hydrogens is 272 g/mol. The molecule has 0 unspecified atom stereocenters. The average Bonchev–Trinajstić information content (AvgIpc) is 2.51. The van der Waals surface area contributed by atoms with Crippen LogP contribution in [0.3, 0.4) is 0 Å². The van der Waals surface area contributed by atoms with Gasteiger partial charge in [-0.15, -0.1) is 0 Å². The van der Waals surface area contributed by atoms with Crippen molar-refractivity contribution >= 4 is 13.0 Å². The number of halogens is 1. The second kappa shape index (κ2) is 5.40. The standard InChI is InChI=1S/C15H25BFNO3/c1-10(19)18(6)9-11-7-12(8-11)13(17)16-20-14(2,3)15(4,5)21-16/h11H,7-9H2,1-6H3. The van der Waals surface area contributed by atoms with Gasteiger partial charge in [-0.1, -0.05) is 0 Å². The van der Waals surface area contributed by atoms with Gasteiger partial charge in [-0.2, -0.15) is 0 Å². The third-order valence-electron chi connectivity index (χ3n) is 4.94. The maximum Gasteiger partial charge on any atom is 0.525 e. The quantitative estimate of drug-likeness (QED) is 0.752. The van der Waals surface area contributed by atoms with Crippen molar-refractivity contribution < 1.29 is 18.5 Å². The highest BCUT2D eigenvalue weighted by Crippen LogP contribution is 2.43. The van der Waals surface area contributed by atoms with Crippen LogP contribution in [0.1, 0.15) is 47.5 Å². The fraction of sp³-hybridized carbons (Fsp3) is 0.800. The SMILES string of the molecule is CC(=O)N(C)CC1CC(=C(F)B2OC(C)(C)C(C)(C)O2)C1. The van der Waals surface area contributed by atoms with Crippen LogP contribution in [0.2, 0.25) is 0 Å². The molecule has 1 aliphatic heterocycles. The van der Waals surface area contributed by atoms with Crippen LogP contribution < -0.4 is 0 Å². The molecule has 1 amide bonds. The van der Waals surface area contributed by atoms with Crippen LogP contribution in [-0.4, -0.2) is 42.7 Å². The first kappa shape index (κ1) is 16.5. The van der Waals surface area contributed by atoms with Crippen LogP contribution in [0.5, 0.6) is 0 Å². The Kier molecular flexibility index (Phi) is 4.24. The zero-order valence-corrected chi connectivity index (χ0v) is 13.8. The van der Waals surface area contributed by atoms with Crippen LogP contribution in [0, 0.1) is 5.92 Å². The van der Waals surface area contributed by atoms with Crippen LogP contribution >= 0.6 is 0 Å². The van der Waals surface area contributed by atoms with Gasteiger partial charge >= 0.3 is 7.12 Å². The van der Waals surface area contributed by atoms with E-state index < -0.39 is 18.3 Å². The Balaban J connectivity index is 1.94. The molecule has 2 rings (SSSR count). The fourth-order valence-corrected chi connectivity index (χ4v) is 2.59. The lowest BCUT2D eigenvalue weighted by Crippen LogP contribution is -2.41. The molecule has 0 radical (unpaired) electrons. The first-order valence-electron chi connectivity index (χ1n) is 7.48. The minimum Gasteiger partial charge on any atom is -0.398 e. The molecule has 1 saturated carbocycles. The molecule has 0 aromatic rings. The lowest BCUT2D eigenvalue weighted by atomic mass is 9.72. The van der Waals surface area contributed by atoms with Crippen molar-refractivity contribution in [2.24, 2.45) is 5.92 Å². The number of amides is 1. The van der Waals surface area contributed by atoms with E-state index in [9.17, 15) is 9.18 Å². The first-order valence-corrected chi connectivity index (χ1v) is 7.48. The Labute approximate surface area is 126 Å². The second-order valence-electron chi connectivity index (χ2n) is 7.21. The Morgan fingerprint density at radius 2 is 1.76 bits per heavy atom. The van der Waals surface area contributed by atoms with Crippen LogP contribution in [0.25, 0.3) is 0 Å². The molecule has 0 N–H and O–H groups in total. The summed E-state index contributed by atoms with van der Waals surface area (Å²) in [4.78, 5) is 12.9. The predicted octanol–water partition coefficient (Wildman–Crippen LogP) is 2.73. The van der Waals surface area contributed by atoms with Crippen LogP contribution in [-0.2, 0) is 14.1 Å². The number of carbonyl (C=O) groups excluding carboxylic acids is 1. The van der Waals surface area contributed by atoms with Gasteiger partial charge in [0.05, 0.1) is 11.2 Å². The molecule has 0 aromatic heterocycles. The fourth-order valence-electron chi connectivity index (χ4n) is 2.59. The van der Waals surface area contributed by atoms with E-state index in [1.807, 2.05) is 27.7 Å². The van der Waals surface area contributed by atoms with Gasteiger partial charge < -0.3 is 14.2 Å². The van der Waals surface area contributed by atoms with Crippen molar-refractivity contribution in [1.82, 2.24) is 4.90 Å². The van der Waals surface area contributed by atoms with E-state index in [-0.39, 0.29) is 11.6 Å². The van der Waals surface area contributed by atoms with Gasteiger partial charge in [-0.05, 0) is 52.0 Å². The minimum absolute atomic E-state index is 0.0406. The number of carbonyl (C=O) groups is 1. The second-order valence-corrected chi connectivity index (χ2v) is 7.21. The van der Waals surface area contributed by atoms with E-state index in [0.717, 1.165) is 5.57 Å². The highest BCUT2D eigenvalue weighted by molar-refractivity contribution is 6.53. The van der Waals surface area contributed by atoms with E-state index in [2.05, 4.69) is 0 Å². The molecule has 0 aromatic carbocycles. The van der Waals surface area contributed by atoms with Crippen molar-refractivity contribution in [3.05, 3.63) is 11.3 Å². The van der Waals surface area contributed by atoms with Crippen molar-refractivity contribution in [3.8, 4) is 0 Å². The summed E-state index contributed by atoms with van der Waals surface area (Å²) >= 11 is 0. The Morgan fingerprint density at radius 1 is 1.29 bits per heavy atom. The van der Waals surface area contributed by atoms with Crippen molar-refractivity contribution in [2.75, 3.05) is 13.6 Å². The molecule has 0 spiro atoms. The van der Waals surface area contributed by atoms with E-state index >= 15 is 0 Å². The monoisotopic (exact) mass is 297 g/mol. The number of allylic oxidation sites excluding steroid dienone is 1. The van der Waals surface area contributed by atoms with Crippen LogP contribution in [0.4, 0.5) is 4.39 Å². The summed E-state index contributed by atoms with van der Waals surface area (Å²) < 4.78 is 25.9. The smallest absolute Gasteiger partial charge is 0.398 e. The predicted molar refractivity (Wildman–Crippen MR) is 80.3 cm³/mol. The third kappa shape index (κ3) is 3.16. The largest absolute Gasteiger partial charge is 0.525 e. The van der Waals surface area contributed by atoms with E-state index in [0.29, 0.717) is 25.3 Å². The van der Waals surface area contributed by atoms with Gasteiger partial charge in [0.1, 0.15) is 5.73 Å². The van der Waals surface area contributed by atoms with E-state index in [1.165, 1.54) is 0 Å². The molecule has 118 valence electrons. The zero-order chi connectivity index (χ0) is 16.0. The normalized spacial score (nSPS) is 26.5. The Morgan fingerprint density at radius 3 is 2.19 bits per heavy atom. The summed E-state index contributed by atoms with van der Waals surface area (Å²) in [6.45, 7) is 9.87. The summed E-state index contributed by atoms with van der Waals surface area (Å²) in [5.74, 6) is 0.376. The maximum absolute atomic E-state index is 14.5. The summed E-state index contributed by atoms with van der Waals surface area (Å²) in [6.07, 6.45) is 1.35. The zero-order valence-electron chi connectivity index (χ0n) is 13.8. The molecule has 1 heterocycles. The lowest BCUT2D eigenvalue weighted by Gasteiger charge is -2.33. The van der Waals surface area contributed by atoms with Crippen LogP contribution in [0.15, 0.2) is 11.3 Å². The molecular formula is C15H25BFNO3. The molecule has 2 aliphatic rings. The highest BCUT2D eigenvalue weighted by Gasteiger charge is 2.54. The summed E-state index contributed by atoms with van der Waals surface area (Å²) in [6, 6.07) is 0. The average molecular weight is 297 g/mol. The van der Waals surface area contributed by atoms with E-state index in [4.69, 9.17) is 9.31 Å². The van der Waals surface area contributed by atoms with Gasteiger partial charge in [0.2, 0.25) is 5.91 Å². The maximum atomic E-state index is 14.5. The Hall–Kier alpha value is -0.875. The number of rotatable bonds is 3. The Bertz CT molecular complexity index is 452. The molecule has 2 fully saturated rings. The topological polar surface area (TPSA) is 38.8 Å². The molecule has 1 saturated heterocycles. The lowest BCUT2D eigenvalue weighted by molar-refractivity contribution is -0.128. The minimum atomic E-state index is -0.892. The molecule has 0 atom stereocenters. The first-order chi connectivity index (χ1) is 9.53. The summed E-state index contributed by atoms with van der Waals surface area (Å²) in [5.41, 5.74) is -0.563. The summed E-state index contributed by atoms with van der Waals surface area (Å²) in [5, 5.41) is 0. The van der Waals surface area contributed by atoms with Gasteiger partial charge in [0.15, 0.2) is 0 Å². The third-order valence-corrected chi connectivity index (χ3v) is 4.94. The van der Waals surface area contributed by atoms with Crippen molar-refractivity contribution in [1.29, 1.82) is 0 Å². The molecule has 1 aliphatic carbocycles. The van der Waals surface area contributed by atoms with Crippen molar-refractivity contribution in [2.45, 2.75) is 58.7 Å². The molecule has 0 bridgehead atoms. The molecule has 6 heteroatoms. The van der Waals surface area contributed by atoms with Gasteiger partial charge in [-0.25, -0.2) is 4.39 Å². The van der Waals surface area contributed by atoms with Crippen molar-refractivity contribution in [3.63, 3.8) is 0 Å². The van der Waals surface area contributed by atoms with Gasteiger partial charge in [0.25, 0.3) is 0 Å². The van der Waals surface area contributed by atoms with Gasteiger partial charge in [0, 0.05) is 20.5 Å². The molecule has 4 nitrogen and oxygen atoms in total. The number of nitrogens with zero attached hydrogens (tertiary/aromatic N) is 1. The number of hydrogen-bond donors (Lipinski definition) is 0. The highest BCUT2D eigenvalue weighted by atomic mass is 19.1.